The smallest absolute Gasteiger partial charge is 0.213 e. The van der Waals surface area contributed by atoms with Crippen molar-refractivity contribution < 1.29 is 14.6 Å². The molecule has 0 bridgehead atoms. The molecule has 2 N–H and O–H groups in total. The van der Waals surface area contributed by atoms with Crippen molar-refractivity contribution in [3.8, 4) is 0 Å². The van der Waals surface area contributed by atoms with Crippen molar-refractivity contribution in [1.82, 2.24) is 4.98 Å². The Hall–Kier alpha value is -0.520. The van der Waals surface area contributed by atoms with Gasteiger partial charge in [0, 0.05) is 16.6 Å². The molecule has 0 fully saturated rings. The molecule has 3 nitrogen and oxygen atoms in total. The Kier molecular flexibility index (Phi) is 3.97. The molecule has 0 aliphatic rings. The highest BCUT2D eigenvalue weighted by atomic mass is 79.9. The van der Waals surface area contributed by atoms with Gasteiger partial charge in [0.1, 0.15) is 6.10 Å². The first-order valence-electron chi connectivity index (χ1n) is 4.11. The summed E-state index contributed by atoms with van der Waals surface area (Å²) >= 11 is 3.05. The zero-order valence-electron chi connectivity index (χ0n) is 7.61. The van der Waals surface area contributed by atoms with Crippen LogP contribution in [0.1, 0.15) is 17.4 Å². The van der Waals surface area contributed by atoms with Gasteiger partial charge in [0.25, 0.3) is 0 Å². The van der Waals surface area contributed by atoms with Crippen molar-refractivity contribution in [2.75, 3.05) is 5.33 Å². The van der Waals surface area contributed by atoms with Gasteiger partial charge < -0.3 is 10.2 Å². The van der Waals surface area contributed by atoms with Gasteiger partial charge in [-0.3, -0.25) is 0 Å². The number of hydrogen-bond acceptors (Lipinski definition) is 3. The monoisotopic (exact) mass is 263 g/mol. The Morgan fingerprint density at radius 3 is 2.64 bits per heavy atom. The van der Waals surface area contributed by atoms with E-state index in [2.05, 4.69) is 20.9 Å². The number of pyridine rings is 1. The lowest BCUT2D eigenvalue weighted by atomic mass is 10.0. The van der Waals surface area contributed by atoms with Crippen LogP contribution in [0.25, 0.3) is 0 Å². The average molecular weight is 264 g/mol. The SMILES string of the molecule is Cc1nc(F)ccc1C(O)C(O)CBr. The molecule has 0 amide bonds. The number of aliphatic hydroxyl groups excluding tert-OH is 2. The van der Waals surface area contributed by atoms with Crippen LogP contribution < -0.4 is 0 Å². The van der Waals surface area contributed by atoms with Crippen LogP contribution in [0.15, 0.2) is 12.1 Å². The minimum Gasteiger partial charge on any atom is -0.389 e. The van der Waals surface area contributed by atoms with E-state index in [1.54, 1.807) is 6.92 Å². The summed E-state index contributed by atoms with van der Waals surface area (Å²) in [5.74, 6) is -0.591. The maximum Gasteiger partial charge on any atom is 0.213 e. The fourth-order valence-corrected chi connectivity index (χ4v) is 1.50. The second-order valence-electron chi connectivity index (χ2n) is 2.98. The van der Waals surface area contributed by atoms with Crippen LogP contribution in [-0.4, -0.2) is 26.6 Å². The molecule has 1 rings (SSSR count). The lowest BCUT2D eigenvalue weighted by molar-refractivity contribution is 0.0335. The average Bonchev–Trinajstić information content (AvgIpc) is 2.15. The van der Waals surface area contributed by atoms with Crippen LogP contribution >= 0.6 is 15.9 Å². The van der Waals surface area contributed by atoms with E-state index in [4.69, 9.17) is 0 Å². The molecular weight excluding hydrogens is 253 g/mol. The predicted molar refractivity (Wildman–Crippen MR) is 53.7 cm³/mol. The van der Waals surface area contributed by atoms with Crippen LogP contribution in [0, 0.1) is 12.9 Å². The van der Waals surface area contributed by atoms with Crippen LogP contribution in [-0.2, 0) is 0 Å². The van der Waals surface area contributed by atoms with E-state index in [-0.39, 0.29) is 5.33 Å². The van der Waals surface area contributed by atoms with Crippen LogP contribution in [0.2, 0.25) is 0 Å². The summed E-state index contributed by atoms with van der Waals surface area (Å²) in [6.45, 7) is 1.59. The van der Waals surface area contributed by atoms with Gasteiger partial charge in [0.05, 0.1) is 6.10 Å². The third kappa shape index (κ3) is 2.50. The third-order valence-corrected chi connectivity index (χ3v) is 2.60. The fourth-order valence-electron chi connectivity index (χ4n) is 1.15. The maximum atomic E-state index is 12.6. The Balaban J connectivity index is 2.95. The molecule has 0 aromatic carbocycles. The highest BCUT2D eigenvalue weighted by molar-refractivity contribution is 9.09. The zero-order chi connectivity index (χ0) is 10.7. The number of aromatic nitrogens is 1. The highest BCUT2D eigenvalue weighted by Gasteiger charge is 2.19. The van der Waals surface area contributed by atoms with E-state index >= 15 is 0 Å². The largest absolute Gasteiger partial charge is 0.389 e. The van der Waals surface area contributed by atoms with Gasteiger partial charge in [-0.2, -0.15) is 4.39 Å². The standard InChI is InChI=1S/C9H11BrFNO2/c1-5-6(2-3-8(11)12-5)9(14)7(13)4-10/h2-3,7,9,13-14H,4H2,1H3. The minimum atomic E-state index is -1.04. The maximum absolute atomic E-state index is 12.6. The normalized spacial score (nSPS) is 15.2. The molecule has 1 aromatic rings. The Morgan fingerprint density at radius 1 is 1.50 bits per heavy atom. The number of hydrogen-bond donors (Lipinski definition) is 2. The van der Waals surface area contributed by atoms with Gasteiger partial charge in [0.15, 0.2) is 0 Å². The molecule has 0 saturated heterocycles. The number of halogens is 2. The molecule has 14 heavy (non-hydrogen) atoms. The van der Waals surface area contributed by atoms with Gasteiger partial charge in [-0.15, -0.1) is 0 Å². The Bertz CT molecular complexity index is 322. The number of aryl methyl sites for hydroxylation is 1. The molecular formula is C9H11BrFNO2. The van der Waals surface area contributed by atoms with E-state index in [0.29, 0.717) is 11.3 Å². The fraction of sp³-hybridized carbons (Fsp3) is 0.444. The first-order valence-corrected chi connectivity index (χ1v) is 5.23. The predicted octanol–water partition coefficient (Wildman–Crippen LogP) is 1.32. The lowest BCUT2D eigenvalue weighted by Crippen LogP contribution is -2.20. The molecule has 2 atom stereocenters. The van der Waals surface area contributed by atoms with E-state index < -0.39 is 18.2 Å². The Labute approximate surface area is 89.7 Å². The molecule has 0 aliphatic heterocycles. The molecule has 1 heterocycles. The number of rotatable bonds is 3. The van der Waals surface area contributed by atoms with Gasteiger partial charge in [-0.25, -0.2) is 4.98 Å². The summed E-state index contributed by atoms with van der Waals surface area (Å²) in [7, 11) is 0. The molecule has 0 aliphatic carbocycles. The minimum absolute atomic E-state index is 0.255. The van der Waals surface area contributed by atoms with Crippen molar-refractivity contribution in [2.24, 2.45) is 0 Å². The zero-order valence-corrected chi connectivity index (χ0v) is 9.20. The van der Waals surface area contributed by atoms with E-state index in [0.717, 1.165) is 6.07 Å². The molecule has 0 spiro atoms. The van der Waals surface area contributed by atoms with Gasteiger partial charge in [-0.1, -0.05) is 15.9 Å². The molecule has 5 heteroatoms. The number of aliphatic hydroxyl groups is 2. The molecule has 0 saturated carbocycles. The highest BCUT2D eigenvalue weighted by Crippen LogP contribution is 2.20. The van der Waals surface area contributed by atoms with Crippen molar-refractivity contribution in [3.63, 3.8) is 0 Å². The van der Waals surface area contributed by atoms with Crippen molar-refractivity contribution in [2.45, 2.75) is 19.1 Å². The molecule has 1 aromatic heterocycles. The van der Waals surface area contributed by atoms with Crippen molar-refractivity contribution in [3.05, 3.63) is 29.3 Å². The summed E-state index contributed by atoms with van der Waals surface area (Å²) in [6, 6.07) is 2.58. The van der Waals surface area contributed by atoms with E-state index in [1.807, 2.05) is 0 Å². The van der Waals surface area contributed by atoms with Crippen molar-refractivity contribution in [1.29, 1.82) is 0 Å². The van der Waals surface area contributed by atoms with Gasteiger partial charge in [-0.05, 0) is 19.1 Å². The van der Waals surface area contributed by atoms with E-state index in [9.17, 15) is 14.6 Å². The van der Waals surface area contributed by atoms with Gasteiger partial charge >= 0.3 is 0 Å². The summed E-state index contributed by atoms with van der Waals surface area (Å²) in [5, 5.41) is 19.2. The quantitative estimate of drug-likeness (QED) is 0.639. The van der Waals surface area contributed by atoms with Crippen LogP contribution in [0.5, 0.6) is 0 Å². The summed E-state index contributed by atoms with van der Waals surface area (Å²) in [5.41, 5.74) is 0.829. The Morgan fingerprint density at radius 2 is 2.14 bits per heavy atom. The molecule has 2 unspecified atom stereocenters. The number of alkyl halides is 1. The van der Waals surface area contributed by atoms with Crippen LogP contribution in [0.4, 0.5) is 4.39 Å². The topological polar surface area (TPSA) is 53.4 Å². The second-order valence-corrected chi connectivity index (χ2v) is 3.62. The first kappa shape index (κ1) is 11.6. The summed E-state index contributed by atoms with van der Waals surface area (Å²) in [6.07, 6.45) is -1.96. The molecule has 78 valence electrons. The van der Waals surface area contributed by atoms with Gasteiger partial charge in [0.2, 0.25) is 5.95 Å². The summed E-state index contributed by atoms with van der Waals surface area (Å²) < 4.78 is 12.6. The third-order valence-electron chi connectivity index (χ3n) is 1.93. The van der Waals surface area contributed by atoms with E-state index in [1.165, 1.54) is 6.07 Å². The second kappa shape index (κ2) is 4.82. The van der Waals surface area contributed by atoms with Crippen molar-refractivity contribution >= 4 is 15.9 Å². The number of nitrogens with zero attached hydrogens (tertiary/aromatic N) is 1. The first-order chi connectivity index (χ1) is 6.56. The van der Waals surface area contributed by atoms with Crippen LogP contribution in [0.3, 0.4) is 0 Å². The summed E-state index contributed by atoms with van der Waals surface area (Å²) in [4.78, 5) is 3.56. The lowest BCUT2D eigenvalue weighted by Gasteiger charge is -2.17. The molecule has 0 radical (unpaired) electrons.